The molecule has 1 unspecified atom stereocenters. The smallest absolute Gasteiger partial charge is 0.244 e. The van der Waals surface area contributed by atoms with Crippen LogP contribution in [0.5, 0.6) is 5.75 Å². The van der Waals surface area contributed by atoms with Gasteiger partial charge in [0, 0.05) is 25.0 Å². The molecular formula is C14H17N3O2. The van der Waals surface area contributed by atoms with E-state index in [1.807, 2.05) is 19.1 Å². The zero-order chi connectivity index (χ0) is 13.8. The number of hydrogen-bond donors (Lipinski definition) is 1. The molecule has 0 fully saturated rings. The number of phenolic OH excluding ortho intramolecular Hbond substituents is 1. The number of hydrogen-bond acceptors (Lipinski definition) is 3. The van der Waals surface area contributed by atoms with E-state index in [1.165, 1.54) is 0 Å². The zero-order valence-corrected chi connectivity index (χ0v) is 11.0. The molecule has 1 aromatic heterocycles. The number of nitrogens with zero attached hydrogens (tertiary/aromatic N) is 3. The second-order valence-corrected chi connectivity index (χ2v) is 4.44. The molecule has 5 nitrogen and oxygen atoms in total. The van der Waals surface area contributed by atoms with Crippen LogP contribution >= 0.6 is 0 Å². The molecular weight excluding hydrogens is 242 g/mol. The Morgan fingerprint density at radius 1 is 1.42 bits per heavy atom. The highest BCUT2D eigenvalue weighted by atomic mass is 16.3. The number of benzene rings is 1. The summed E-state index contributed by atoms with van der Waals surface area (Å²) in [5, 5.41) is 13.8. The first kappa shape index (κ1) is 13.1. The van der Waals surface area contributed by atoms with Crippen LogP contribution in [-0.4, -0.2) is 32.7 Å². The minimum Gasteiger partial charge on any atom is -0.508 e. The summed E-state index contributed by atoms with van der Waals surface area (Å²) in [6.45, 7) is 2.08. The summed E-state index contributed by atoms with van der Waals surface area (Å²) in [7, 11) is 1.73. The summed E-state index contributed by atoms with van der Waals surface area (Å²) in [6.07, 6.45) is 3.39. The molecule has 0 bridgehead atoms. The van der Waals surface area contributed by atoms with E-state index in [0.29, 0.717) is 0 Å². The summed E-state index contributed by atoms with van der Waals surface area (Å²) in [6, 6.07) is 8.63. The molecule has 0 aliphatic heterocycles. The van der Waals surface area contributed by atoms with Gasteiger partial charge in [0.15, 0.2) is 0 Å². The fourth-order valence-electron chi connectivity index (χ4n) is 1.91. The molecule has 0 aliphatic rings. The Bertz CT molecular complexity index is 552. The lowest BCUT2D eigenvalue weighted by Gasteiger charge is -2.25. The Kier molecular flexibility index (Phi) is 3.85. The second-order valence-electron chi connectivity index (χ2n) is 4.44. The van der Waals surface area contributed by atoms with Gasteiger partial charge in [0.25, 0.3) is 0 Å². The summed E-state index contributed by atoms with van der Waals surface area (Å²) in [5.74, 6) is 0.146. The molecule has 1 N–H and O–H groups in total. The van der Waals surface area contributed by atoms with Crippen LogP contribution in [0.2, 0.25) is 0 Å². The molecule has 0 saturated carbocycles. The van der Waals surface area contributed by atoms with Crippen molar-refractivity contribution in [3.05, 3.63) is 48.3 Å². The minimum absolute atomic E-state index is 0.0561. The van der Waals surface area contributed by atoms with Gasteiger partial charge < -0.3 is 10.0 Å². The number of carbonyl (C=O) groups is 1. The van der Waals surface area contributed by atoms with Crippen LogP contribution in [0.3, 0.4) is 0 Å². The molecule has 2 aromatic rings. The SMILES string of the molecule is CC(c1ccccc1O)N(C)C(=O)Cn1cccn1. The van der Waals surface area contributed by atoms with Gasteiger partial charge in [-0.15, -0.1) is 0 Å². The molecule has 5 heteroatoms. The zero-order valence-electron chi connectivity index (χ0n) is 11.0. The number of aromatic nitrogens is 2. The van der Waals surface area contributed by atoms with Gasteiger partial charge in [-0.1, -0.05) is 18.2 Å². The number of para-hydroxylation sites is 1. The van der Waals surface area contributed by atoms with Gasteiger partial charge in [-0.2, -0.15) is 5.10 Å². The maximum absolute atomic E-state index is 12.1. The van der Waals surface area contributed by atoms with E-state index in [9.17, 15) is 9.90 Å². The third kappa shape index (κ3) is 2.93. The Labute approximate surface area is 112 Å². The van der Waals surface area contributed by atoms with E-state index in [0.717, 1.165) is 5.56 Å². The van der Waals surface area contributed by atoms with Crippen molar-refractivity contribution in [1.82, 2.24) is 14.7 Å². The van der Waals surface area contributed by atoms with Crippen LogP contribution in [0.4, 0.5) is 0 Å². The van der Waals surface area contributed by atoms with Gasteiger partial charge in [-0.05, 0) is 19.1 Å². The van der Waals surface area contributed by atoms with Gasteiger partial charge in [0.2, 0.25) is 5.91 Å². The number of carbonyl (C=O) groups excluding carboxylic acids is 1. The molecule has 1 amide bonds. The molecule has 0 radical (unpaired) electrons. The van der Waals surface area contributed by atoms with Crippen LogP contribution in [0.1, 0.15) is 18.5 Å². The maximum atomic E-state index is 12.1. The van der Waals surface area contributed by atoms with Crippen molar-refractivity contribution in [3.63, 3.8) is 0 Å². The third-order valence-electron chi connectivity index (χ3n) is 3.22. The van der Waals surface area contributed by atoms with Crippen molar-refractivity contribution in [3.8, 4) is 5.75 Å². The van der Waals surface area contributed by atoms with E-state index in [-0.39, 0.29) is 24.2 Å². The van der Waals surface area contributed by atoms with Crippen molar-refractivity contribution in [2.45, 2.75) is 19.5 Å². The Morgan fingerprint density at radius 3 is 2.79 bits per heavy atom. The largest absolute Gasteiger partial charge is 0.508 e. The average Bonchev–Trinajstić information content (AvgIpc) is 2.90. The van der Waals surface area contributed by atoms with Crippen molar-refractivity contribution in [2.24, 2.45) is 0 Å². The van der Waals surface area contributed by atoms with Gasteiger partial charge in [0.1, 0.15) is 12.3 Å². The summed E-state index contributed by atoms with van der Waals surface area (Å²) >= 11 is 0. The normalized spacial score (nSPS) is 12.1. The van der Waals surface area contributed by atoms with Crippen molar-refractivity contribution in [2.75, 3.05) is 7.05 Å². The monoisotopic (exact) mass is 259 g/mol. The Balaban J connectivity index is 2.09. The van der Waals surface area contributed by atoms with Crippen molar-refractivity contribution >= 4 is 5.91 Å². The molecule has 100 valence electrons. The average molecular weight is 259 g/mol. The summed E-state index contributed by atoms with van der Waals surface area (Å²) in [4.78, 5) is 13.7. The minimum atomic E-state index is -0.190. The highest BCUT2D eigenvalue weighted by Gasteiger charge is 2.19. The van der Waals surface area contributed by atoms with Crippen LogP contribution in [-0.2, 0) is 11.3 Å². The molecule has 1 aromatic carbocycles. The topological polar surface area (TPSA) is 58.4 Å². The molecule has 0 spiro atoms. The Morgan fingerprint density at radius 2 is 2.16 bits per heavy atom. The fraction of sp³-hybridized carbons (Fsp3) is 0.286. The van der Waals surface area contributed by atoms with Crippen molar-refractivity contribution in [1.29, 1.82) is 0 Å². The highest BCUT2D eigenvalue weighted by molar-refractivity contribution is 5.76. The van der Waals surface area contributed by atoms with E-state index >= 15 is 0 Å². The number of phenols is 1. The molecule has 2 rings (SSSR count). The van der Waals surface area contributed by atoms with Crippen LogP contribution in [0, 0.1) is 0 Å². The summed E-state index contributed by atoms with van der Waals surface area (Å²) < 4.78 is 1.58. The first-order chi connectivity index (χ1) is 9.09. The van der Waals surface area contributed by atoms with Gasteiger partial charge in [-0.3, -0.25) is 9.48 Å². The lowest BCUT2D eigenvalue weighted by atomic mass is 10.1. The van der Waals surface area contributed by atoms with E-state index in [4.69, 9.17) is 0 Å². The Hall–Kier alpha value is -2.30. The molecule has 1 heterocycles. The maximum Gasteiger partial charge on any atom is 0.244 e. The van der Waals surface area contributed by atoms with E-state index < -0.39 is 0 Å². The molecule has 19 heavy (non-hydrogen) atoms. The van der Waals surface area contributed by atoms with E-state index in [1.54, 1.807) is 47.2 Å². The predicted octanol–water partition coefficient (Wildman–Crippen LogP) is 1.81. The summed E-state index contributed by atoms with van der Waals surface area (Å²) in [5.41, 5.74) is 0.735. The fourth-order valence-corrected chi connectivity index (χ4v) is 1.91. The number of aromatic hydroxyl groups is 1. The lowest BCUT2D eigenvalue weighted by molar-refractivity contribution is -0.132. The highest BCUT2D eigenvalue weighted by Crippen LogP contribution is 2.27. The molecule has 1 atom stereocenters. The van der Waals surface area contributed by atoms with Gasteiger partial charge in [0.05, 0.1) is 6.04 Å². The third-order valence-corrected chi connectivity index (χ3v) is 3.22. The van der Waals surface area contributed by atoms with Gasteiger partial charge >= 0.3 is 0 Å². The number of amides is 1. The standard InChI is InChI=1S/C14H17N3O2/c1-11(12-6-3-4-7-13(12)18)16(2)14(19)10-17-9-5-8-15-17/h3-9,11,18H,10H2,1-2H3. The van der Waals surface area contributed by atoms with E-state index in [2.05, 4.69) is 5.10 Å². The van der Waals surface area contributed by atoms with Crippen LogP contribution in [0.15, 0.2) is 42.7 Å². The number of rotatable bonds is 4. The van der Waals surface area contributed by atoms with Crippen LogP contribution < -0.4 is 0 Å². The van der Waals surface area contributed by atoms with Crippen molar-refractivity contribution < 1.29 is 9.90 Å². The van der Waals surface area contributed by atoms with Crippen LogP contribution in [0.25, 0.3) is 0 Å². The first-order valence-corrected chi connectivity index (χ1v) is 6.10. The molecule has 0 aliphatic carbocycles. The first-order valence-electron chi connectivity index (χ1n) is 6.10. The quantitative estimate of drug-likeness (QED) is 0.911. The second kappa shape index (κ2) is 5.56. The molecule has 0 saturated heterocycles. The number of likely N-dealkylation sites (N-methyl/N-ethyl adjacent to an activating group) is 1. The predicted molar refractivity (Wildman–Crippen MR) is 71.5 cm³/mol. The lowest BCUT2D eigenvalue weighted by Crippen LogP contribution is -2.32. The van der Waals surface area contributed by atoms with Gasteiger partial charge in [-0.25, -0.2) is 0 Å².